The van der Waals surface area contributed by atoms with E-state index in [1.807, 2.05) is 25.2 Å². The van der Waals surface area contributed by atoms with Crippen molar-refractivity contribution in [3.05, 3.63) is 30.1 Å². The fourth-order valence-corrected chi connectivity index (χ4v) is 2.94. The van der Waals surface area contributed by atoms with Crippen LogP contribution in [0.2, 0.25) is 0 Å². The number of aromatic nitrogens is 1. The van der Waals surface area contributed by atoms with E-state index < -0.39 is 0 Å². The molecule has 6 heteroatoms. The van der Waals surface area contributed by atoms with E-state index in [9.17, 15) is 4.79 Å². The SMILES string of the molecule is CCNC(=NCC(=O)N(C)CCc1ccccn1)N1CCC(C)(C)C1. The topological polar surface area (TPSA) is 60.8 Å². The molecule has 1 saturated heterocycles. The van der Waals surface area contributed by atoms with Crippen LogP contribution in [0.25, 0.3) is 0 Å². The van der Waals surface area contributed by atoms with Gasteiger partial charge < -0.3 is 15.1 Å². The first kappa shape index (κ1) is 19.2. The van der Waals surface area contributed by atoms with Gasteiger partial charge in [-0.2, -0.15) is 0 Å². The number of nitrogens with zero attached hydrogens (tertiary/aromatic N) is 4. The van der Waals surface area contributed by atoms with E-state index in [0.29, 0.717) is 12.0 Å². The molecule has 25 heavy (non-hydrogen) atoms. The number of pyridine rings is 1. The molecule has 1 aromatic rings. The zero-order valence-corrected chi connectivity index (χ0v) is 16.0. The van der Waals surface area contributed by atoms with Gasteiger partial charge in [0.25, 0.3) is 0 Å². The Morgan fingerprint density at radius 3 is 2.84 bits per heavy atom. The highest BCUT2D eigenvalue weighted by molar-refractivity contribution is 5.85. The van der Waals surface area contributed by atoms with Crippen molar-refractivity contribution in [3.63, 3.8) is 0 Å². The Morgan fingerprint density at radius 2 is 2.24 bits per heavy atom. The van der Waals surface area contributed by atoms with Crippen LogP contribution in [-0.4, -0.2) is 66.4 Å². The summed E-state index contributed by atoms with van der Waals surface area (Å²) in [6.07, 6.45) is 3.68. The summed E-state index contributed by atoms with van der Waals surface area (Å²) >= 11 is 0. The Morgan fingerprint density at radius 1 is 1.44 bits per heavy atom. The van der Waals surface area contributed by atoms with Gasteiger partial charge in [0, 0.05) is 51.5 Å². The van der Waals surface area contributed by atoms with Crippen molar-refractivity contribution in [2.45, 2.75) is 33.6 Å². The number of guanidine groups is 1. The second-order valence-electron chi connectivity index (χ2n) is 7.39. The number of carbonyl (C=O) groups excluding carboxylic acids is 1. The summed E-state index contributed by atoms with van der Waals surface area (Å²) in [7, 11) is 1.83. The van der Waals surface area contributed by atoms with Crippen molar-refractivity contribution >= 4 is 11.9 Å². The number of aliphatic imine (C=N–C) groups is 1. The fraction of sp³-hybridized carbons (Fsp3) is 0.632. The molecule has 0 saturated carbocycles. The molecule has 6 nitrogen and oxygen atoms in total. The standard InChI is InChI=1S/C19H31N5O/c1-5-20-18(24-13-10-19(2,3)15-24)22-14-17(25)23(4)12-9-16-8-6-7-11-21-16/h6-8,11H,5,9-10,12-15H2,1-4H3,(H,20,22). The van der Waals surface area contributed by atoms with Crippen LogP contribution in [0.15, 0.2) is 29.4 Å². The summed E-state index contributed by atoms with van der Waals surface area (Å²) in [6.45, 7) is 10.2. The number of nitrogens with one attached hydrogen (secondary N) is 1. The largest absolute Gasteiger partial charge is 0.357 e. The summed E-state index contributed by atoms with van der Waals surface area (Å²) in [5.41, 5.74) is 1.30. The second kappa shape index (κ2) is 8.83. The van der Waals surface area contributed by atoms with Crippen molar-refractivity contribution in [3.8, 4) is 0 Å². The molecule has 2 heterocycles. The summed E-state index contributed by atoms with van der Waals surface area (Å²) in [5, 5.41) is 3.31. The molecule has 1 N–H and O–H groups in total. The molecular weight excluding hydrogens is 314 g/mol. The zero-order chi connectivity index (χ0) is 18.3. The van der Waals surface area contributed by atoms with Gasteiger partial charge in [-0.3, -0.25) is 9.78 Å². The van der Waals surface area contributed by atoms with Crippen molar-refractivity contribution in [1.82, 2.24) is 20.1 Å². The molecule has 1 amide bonds. The van der Waals surface area contributed by atoms with E-state index in [1.54, 1.807) is 11.1 Å². The molecule has 0 aromatic carbocycles. The van der Waals surface area contributed by atoms with E-state index in [2.05, 4.69) is 41.0 Å². The molecule has 1 aliphatic rings. The van der Waals surface area contributed by atoms with E-state index >= 15 is 0 Å². The van der Waals surface area contributed by atoms with E-state index in [0.717, 1.165) is 44.1 Å². The Kier molecular flexibility index (Phi) is 6.79. The lowest BCUT2D eigenvalue weighted by Gasteiger charge is -2.24. The van der Waals surface area contributed by atoms with Gasteiger partial charge in [-0.25, -0.2) is 4.99 Å². The van der Waals surface area contributed by atoms with Crippen molar-refractivity contribution in [2.24, 2.45) is 10.4 Å². The van der Waals surface area contributed by atoms with E-state index in [-0.39, 0.29) is 12.5 Å². The maximum Gasteiger partial charge on any atom is 0.244 e. The molecule has 1 aliphatic heterocycles. The zero-order valence-electron chi connectivity index (χ0n) is 16.0. The molecular formula is C19H31N5O. The summed E-state index contributed by atoms with van der Waals surface area (Å²) in [4.78, 5) is 25.2. The lowest BCUT2D eigenvalue weighted by atomic mass is 9.93. The quantitative estimate of drug-likeness (QED) is 0.631. The highest BCUT2D eigenvalue weighted by atomic mass is 16.2. The predicted molar refractivity (Wildman–Crippen MR) is 102 cm³/mol. The number of likely N-dealkylation sites (N-methyl/N-ethyl adjacent to an activating group) is 1. The summed E-state index contributed by atoms with van der Waals surface area (Å²) in [5.74, 6) is 0.879. The first-order valence-corrected chi connectivity index (χ1v) is 9.08. The molecule has 0 bridgehead atoms. The third kappa shape index (κ3) is 6.03. The number of hydrogen-bond acceptors (Lipinski definition) is 3. The van der Waals surface area contributed by atoms with Crippen LogP contribution in [0.4, 0.5) is 0 Å². The minimum absolute atomic E-state index is 0.0322. The highest BCUT2D eigenvalue weighted by Gasteiger charge is 2.30. The minimum atomic E-state index is 0.0322. The second-order valence-corrected chi connectivity index (χ2v) is 7.39. The average molecular weight is 345 g/mol. The predicted octanol–water partition coefficient (Wildman–Crippen LogP) is 1.78. The number of rotatable bonds is 6. The molecule has 0 radical (unpaired) electrons. The van der Waals surface area contributed by atoms with Gasteiger partial charge in [-0.15, -0.1) is 0 Å². The summed E-state index contributed by atoms with van der Waals surface area (Å²) in [6, 6.07) is 5.85. The molecule has 0 atom stereocenters. The van der Waals surface area contributed by atoms with Gasteiger partial charge in [0.1, 0.15) is 6.54 Å². The van der Waals surface area contributed by atoms with Crippen LogP contribution in [0.3, 0.4) is 0 Å². The Bertz CT molecular complexity index is 585. The maximum absolute atomic E-state index is 12.4. The average Bonchev–Trinajstić information content (AvgIpc) is 2.96. The molecule has 0 unspecified atom stereocenters. The van der Waals surface area contributed by atoms with Gasteiger partial charge in [0.15, 0.2) is 5.96 Å². The van der Waals surface area contributed by atoms with Crippen molar-refractivity contribution < 1.29 is 4.79 Å². The summed E-state index contributed by atoms with van der Waals surface area (Å²) < 4.78 is 0. The van der Waals surface area contributed by atoms with Crippen LogP contribution in [0.1, 0.15) is 32.9 Å². The number of hydrogen-bond donors (Lipinski definition) is 1. The number of amides is 1. The Balaban J connectivity index is 1.87. The van der Waals surface area contributed by atoms with Gasteiger partial charge in [0.2, 0.25) is 5.91 Å². The highest BCUT2D eigenvalue weighted by Crippen LogP contribution is 2.28. The number of likely N-dealkylation sites (tertiary alicyclic amines) is 1. The molecule has 0 aliphatic carbocycles. The lowest BCUT2D eigenvalue weighted by molar-refractivity contribution is -0.128. The van der Waals surface area contributed by atoms with E-state index in [4.69, 9.17) is 0 Å². The molecule has 1 aromatic heterocycles. The Labute approximate surface area is 151 Å². The van der Waals surface area contributed by atoms with E-state index in [1.165, 1.54) is 0 Å². The first-order chi connectivity index (χ1) is 11.9. The number of carbonyl (C=O) groups is 1. The fourth-order valence-electron chi connectivity index (χ4n) is 2.94. The normalized spacial score (nSPS) is 16.8. The van der Waals surface area contributed by atoms with Gasteiger partial charge >= 0.3 is 0 Å². The minimum Gasteiger partial charge on any atom is -0.357 e. The molecule has 0 spiro atoms. The lowest BCUT2D eigenvalue weighted by Crippen LogP contribution is -2.41. The molecule has 138 valence electrons. The van der Waals surface area contributed by atoms with Crippen LogP contribution in [0.5, 0.6) is 0 Å². The Hall–Kier alpha value is -2.11. The monoisotopic (exact) mass is 345 g/mol. The van der Waals surface area contributed by atoms with Crippen molar-refractivity contribution in [1.29, 1.82) is 0 Å². The van der Waals surface area contributed by atoms with Gasteiger partial charge in [-0.05, 0) is 30.9 Å². The van der Waals surface area contributed by atoms with Crippen LogP contribution in [-0.2, 0) is 11.2 Å². The molecule has 2 rings (SSSR count). The first-order valence-electron chi connectivity index (χ1n) is 9.08. The third-order valence-corrected chi connectivity index (χ3v) is 4.53. The van der Waals surface area contributed by atoms with Crippen LogP contribution in [0, 0.1) is 5.41 Å². The molecule has 1 fully saturated rings. The van der Waals surface area contributed by atoms with Crippen LogP contribution >= 0.6 is 0 Å². The van der Waals surface area contributed by atoms with Crippen LogP contribution < -0.4 is 5.32 Å². The van der Waals surface area contributed by atoms with Gasteiger partial charge in [0.05, 0.1) is 0 Å². The van der Waals surface area contributed by atoms with Crippen molar-refractivity contribution in [2.75, 3.05) is 39.8 Å². The third-order valence-electron chi connectivity index (χ3n) is 4.53. The van der Waals surface area contributed by atoms with Gasteiger partial charge in [-0.1, -0.05) is 19.9 Å². The maximum atomic E-state index is 12.4. The smallest absolute Gasteiger partial charge is 0.244 e.